The Morgan fingerprint density at radius 3 is 2.73 bits per heavy atom. The summed E-state index contributed by atoms with van der Waals surface area (Å²) in [7, 11) is 4.18. The molecule has 0 saturated carbocycles. The van der Waals surface area contributed by atoms with Gasteiger partial charge >= 0.3 is 0 Å². The number of aromatic amines is 1. The number of nitrogens with zero attached hydrogens (tertiary/aromatic N) is 3. The maximum absolute atomic E-state index is 4.13. The highest BCUT2D eigenvalue weighted by Gasteiger charge is 2.20. The fourth-order valence-corrected chi connectivity index (χ4v) is 4.07. The van der Waals surface area contributed by atoms with Gasteiger partial charge in [-0.1, -0.05) is 18.2 Å². The fraction of sp³-hybridized carbons (Fsp3) is 0.409. The van der Waals surface area contributed by atoms with Gasteiger partial charge < -0.3 is 4.90 Å². The van der Waals surface area contributed by atoms with E-state index in [0.717, 1.165) is 24.4 Å². The number of H-pyrrole nitrogens is 1. The lowest BCUT2D eigenvalue weighted by Crippen LogP contribution is -2.35. The van der Waals surface area contributed by atoms with E-state index in [-0.39, 0.29) is 0 Å². The van der Waals surface area contributed by atoms with E-state index in [4.69, 9.17) is 0 Å². The first-order valence-electron chi connectivity index (χ1n) is 9.58. The molecule has 3 aromatic rings. The Bertz CT molecular complexity index is 850. The molecule has 1 fully saturated rings. The van der Waals surface area contributed by atoms with Gasteiger partial charge in [0.15, 0.2) is 0 Å². The summed E-state index contributed by atoms with van der Waals surface area (Å²) in [5, 5.41) is 8.38. The van der Waals surface area contributed by atoms with Crippen LogP contribution in [-0.2, 0) is 13.0 Å². The van der Waals surface area contributed by atoms with Crippen molar-refractivity contribution in [2.75, 3.05) is 32.1 Å². The van der Waals surface area contributed by atoms with Crippen LogP contribution in [0.3, 0.4) is 0 Å². The normalized spacial score (nSPS) is 18.3. The van der Waals surface area contributed by atoms with E-state index >= 15 is 0 Å². The third-order valence-corrected chi connectivity index (χ3v) is 5.49. The highest BCUT2D eigenvalue weighted by atomic mass is 15.1. The van der Waals surface area contributed by atoms with Crippen molar-refractivity contribution in [2.24, 2.45) is 5.92 Å². The van der Waals surface area contributed by atoms with E-state index in [9.17, 15) is 0 Å². The molecular formula is C22H28N4. The number of hydrogen-bond acceptors (Lipinski definition) is 3. The van der Waals surface area contributed by atoms with Crippen molar-refractivity contribution in [3.8, 4) is 0 Å². The molecule has 1 atom stereocenters. The average molecular weight is 348 g/mol. The summed E-state index contributed by atoms with van der Waals surface area (Å²) in [5.74, 6) is 0.745. The Balaban J connectivity index is 1.37. The largest absolute Gasteiger partial charge is 0.378 e. The molecular weight excluding hydrogens is 320 g/mol. The minimum Gasteiger partial charge on any atom is -0.378 e. The van der Waals surface area contributed by atoms with Crippen LogP contribution in [0.4, 0.5) is 5.69 Å². The Morgan fingerprint density at radius 1 is 1.12 bits per heavy atom. The maximum atomic E-state index is 4.13. The number of nitrogens with one attached hydrogen (secondary N) is 1. The Hall–Kier alpha value is -2.33. The zero-order valence-electron chi connectivity index (χ0n) is 15.8. The molecule has 4 nitrogen and oxygen atoms in total. The van der Waals surface area contributed by atoms with Crippen molar-refractivity contribution in [3.63, 3.8) is 0 Å². The average Bonchev–Trinajstić information content (AvgIpc) is 3.10. The molecule has 1 saturated heterocycles. The standard InChI is InChI=1S/C22H28N4/c1-25(2)21-8-5-17(6-9-21)15-26-11-3-4-19(16-26)12-18-7-10-22-20(13-18)14-23-24-22/h5-10,13-14,19H,3-4,11-12,15-16H2,1-2H3,(H,23,24). The number of rotatable bonds is 5. The van der Waals surface area contributed by atoms with Crippen LogP contribution in [0.5, 0.6) is 0 Å². The molecule has 1 aliphatic heterocycles. The number of aromatic nitrogens is 2. The van der Waals surface area contributed by atoms with Gasteiger partial charge in [-0.15, -0.1) is 0 Å². The van der Waals surface area contributed by atoms with Gasteiger partial charge in [-0.3, -0.25) is 10.00 Å². The SMILES string of the molecule is CN(C)c1ccc(CN2CCCC(Cc3ccc4[nH]ncc4c3)C2)cc1. The summed E-state index contributed by atoms with van der Waals surface area (Å²) in [6.07, 6.45) is 5.72. The molecule has 26 heavy (non-hydrogen) atoms. The van der Waals surface area contributed by atoms with E-state index in [2.05, 4.69) is 76.6 Å². The summed E-state index contributed by atoms with van der Waals surface area (Å²) in [5.41, 5.74) is 5.23. The lowest BCUT2D eigenvalue weighted by molar-refractivity contribution is 0.167. The summed E-state index contributed by atoms with van der Waals surface area (Å²) in [6.45, 7) is 3.47. The Morgan fingerprint density at radius 2 is 1.92 bits per heavy atom. The van der Waals surface area contributed by atoms with Crippen LogP contribution in [0.25, 0.3) is 10.9 Å². The zero-order valence-corrected chi connectivity index (χ0v) is 15.8. The molecule has 0 spiro atoms. The predicted molar refractivity (Wildman–Crippen MR) is 109 cm³/mol. The lowest BCUT2D eigenvalue weighted by atomic mass is 9.90. The van der Waals surface area contributed by atoms with Crippen LogP contribution in [0.2, 0.25) is 0 Å². The second-order valence-corrected chi connectivity index (χ2v) is 7.80. The number of fused-ring (bicyclic) bond motifs is 1. The van der Waals surface area contributed by atoms with Gasteiger partial charge in [0, 0.05) is 38.3 Å². The predicted octanol–water partition coefficient (Wildman–Crippen LogP) is 4.08. The molecule has 136 valence electrons. The van der Waals surface area contributed by atoms with Crippen LogP contribution in [0.15, 0.2) is 48.7 Å². The van der Waals surface area contributed by atoms with Crippen LogP contribution in [0.1, 0.15) is 24.0 Å². The topological polar surface area (TPSA) is 35.2 Å². The first-order chi connectivity index (χ1) is 12.7. The van der Waals surface area contributed by atoms with Crippen LogP contribution in [0, 0.1) is 5.92 Å². The van der Waals surface area contributed by atoms with Gasteiger partial charge in [-0.25, -0.2) is 0 Å². The highest BCUT2D eigenvalue weighted by molar-refractivity contribution is 5.78. The molecule has 0 bridgehead atoms. The van der Waals surface area contributed by atoms with Crippen molar-refractivity contribution in [1.82, 2.24) is 15.1 Å². The number of anilines is 1. The Labute approximate surface area is 155 Å². The quantitative estimate of drug-likeness (QED) is 0.754. The summed E-state index contributed by atoms with van der Waals surface area (Å²) < 4.78 is 0. The number of piperidine rings is 1. The Kier molecular flexibility index (Phi) is 4.93. The van der Waals surface area contributed by atoms with Gasteiger partial charge in [-0.2, -0.15) is 5.10 Å². The van der Waals surface area contributed by atoms with Crippen LogP contribution >= 0.6 is 0 Å². The van der Waals surface area contributed by atoms with Crippen molar-refractivity contribution in [3.05, 3.63) is 59.8 Å². The van der Waals surface area contributed by atoms with Crippen LogP contribution < -0.4 is 4.90 Å². The molecule has 4 heteroatoms. The molecule has 1 aromatic heterocycles. The van der Waals surface area contributed by atoms with E-state index in [0.29, 0.717) is 0 Å². The van der Waals surface area contributed by atoms with Gasteiger partial charge in [0.1, 0.15) is 0 Å². The minimum atomic E-state index is 0.745. The lowest BCUT2D eigenvalue weighted by Gasteiger charge is -2.33. The number of hydrogen-bond donors (Lipinski definition) is 1. The molecule has 1 aliphatic rings. The number of likely N-dealkylation sites (tertiary alicyclic amines) is 1. The van der Waals surface area contributed by atoms with E-state index in [1.807, 2.05) is 6.20 Å². The fourth-order valence-electron chi connectivity index (χ4n) is 4.07. The molecule has 0 amide bonds. The summed E-state index contributed by atoms with van der Waals surface area (Å²) in [6, 6.07) is 15.7. The van der Waals surface area contributed by atoms with Gasteiger partial charge in [-0.05, 0) is 67.1 Å². The highest BCUT2D eigenvalue weighted by Crippen LogP contribution is 2.24. The first kappa shape index (κ1) is 17.1. The van der Waals surface area contributed by atoms with Crippen molar-refractivity contribution in [2.45, 2.75) is 25.8 Å². The molecule has 2 heterocycles. The molecule has 4 rings (SSSR count). The summed E-state index contributed by atoms with van der Waals surface area (Å²) in [4.78, 5) is 4.77. The second-order valence-electron chi connectivity index (χ2n) is 7.80. The van der Waals surface area contributed by atoms with Crippen molar-refractivity contribution in [1.29, 1.82) is 0 Å². The molecule has 0 aliphatic carbocycles. The van der Waals surface area contributed by atoms with Crippen LogP contribution in [-0.4, -0.2) is 42.3 Å². The third kappa shape index (κ3) is 3.91. The van der Waals surface area contributed by atoms with Crippen molar-refractivity contribution >= 4 is 16.6 Å². The minimum absolute atomic E-state index is 0.745. The first-order valence-corrected chi connectivity index (χ1v) is 9.58. The monoisotopic (exact) mass is 348 g/mol. The molecule has 1 unspecified atom stereocenters. The second kappa shape index (κ2) is 7.50. The van der Waals surface area contributed by atoms with E-state index in [1.165, 1.54) is 48.1 Å². The molecule has 0 radical (unpaired) electrons. The smallest absolute Gasteiger partial charge is 0.0650 e. The van der Waals surface area contributed by atoms with Gasteiger partial charge in [0.25, 0.3) is 0 Å². The van der Waals surface area contributed by atoms with Gasteiger partial charge in [0.2, 0.25) is 0 Å². The third-order valence-electron chi connectivity index (χ3n) is 5.49. The zero-order chi connectivity index (χ0) is 17.9. The van der Waals surface area contributed by atoms with Crippen molar-refractivity contribution < 1.29 is 0 Å². The number of benzene rings is 2. The van der Waals surface area contributed by atoms with E-state index < -0.39 is 0 Å². The molecule has 1 N–H and O–H groups in total. The maximum Gasteiger partial charge on any atom is 0.0650 e. The summed E-state index contributed by atoms with van der Waals surface area (Å²) >= 11 is 0. The molecule has 2 aromatic carbocycles. The van der Waals surface area contributed by atoms with Gasteiger partial charge in [0.05, 0.1) is 11.7 Å². The van der Waals surface area contributed by atoms with E-state index in [1.54, 1.807) is 0 Å².